The van der Waals surface area contributed by atoms with Crippen LogP contribution in [0.15, 0.2) is 42.7 Å². The number of amides is 1. The molecule has 150 valence electrons. The number of aryl methyl sites for hydroxylation is 2. The quantitative estimate of drug-likeness (QED) is 0.467. The van der Waals surface area contributed by atoms with Gasteiger partial charge in [0.2, 0.25) is 0 Å². The lowest BCUT2D eigenvalue weighted by atomic mass is 10.3. The Labute approximate surface area is 172 Å². The Morgan fingerprint density at radius 2 is 2.17 bits per heavy atom. The molecule has 1 aromatic carbocycles. The summed E-state index contributed by atoms with van der Waals surface area (Å²) in [6, 6.07) is 9.49. The second-order valence-corrected chi connectivity index (χ2v) is 7.56. The summed E-state index contributed by atoms with van der Waals surface area (Å²) < 4.78 is 10.1. The lowest BCUT2D eigenvalue weighted by molar-refractivity contribution is 0.0976. The van der Waals surface area contributed by atoms with E-state index in [4.69, 9.17) is 9.72 Å². The van der Waals surface area contributed by atoms with E-state index in [0.29, 0.717) is 30.5 Å². The maximum atomic E-state index is 13.4. The van der Waals surface area contributed by atoms with E-state index in [1.54, 1.807) is 33.6 Å². The van der Waals surface area contributed by atoms with Crippen molar-refractivity contribution in [2.75, 3.05) is 18.1 Å². The number of hydrogen-bond donors (Lipinski definition) is 0. The minimum Gasteiger partial charge on any atom is -0.492 e. The third kappa shape index (κ3) is 3.86. The van der Waals surface area contributed by atoms with E-state index in [1.165, 1.54) is 11.3 Å². The molecule has 0 fully saturated rings. The Morgan fingerprint density at radius 3 is 2.86 bits per heavy atom. The Kier molecular flexibility index (Phi) is 5.30. The summed E-state index contributed by atoms with van der Waals surface area (Å²) in [6.07, 6.45) is 3.60. The average Bonchev–Trinajstić information content (AvgIpc) is 3.42. The molecular formula is C20H22N6O2S. The number of anilines is 1. The van der Waals surface area contributed by atoms with Gasteiger partial charge in [0.25, 0.3) is 5.91 Å². The van der Waals surface area contributed by atoms with Crippen molar-refractivity contribution in [2.24, 2.45) is 7.05 Å². The molecule has 0 bridgehead atoms. The van der Waals surface area contributed by atoms with Gasteiger partial charge >= 0.3 is 0 Å². The molecular weight excluding hydrogens is 388 g/mol. The third-order valence-electron chi connectivity index (χ3n) is 4.48. The molecule has 29 heavy (non-hydrogen) atoms. The highest BCUT2D eigenvalue weighted by Crippen LogP contribution is 2.34. The molecule has 3 aromatic heterocycles. The minimum atomic E-state index is -0.141. The average molecular weight is 411 g/mol. The molecule has 4 aromatic rings. The molecule has 9 heteroatoms. The summed E-state index contributed by atoms with van der Waals surface area (Å²) in [7, 11) is 1.78. The number of benzene rings is 1. The molecule has 0 unspecified atom stereocenters. The highest BCUT2D eigenvalue weighted by molar-refractivity contribution is 7.22. The van der Waals surface area contributed by atoms with Crippen molar-refractivity contribution in [2.45, 2.75) is 20.4 Å². The molecule has 0 atom stereocenters. The molecule has 0 N–H and O–H groups in total. The molecule has 0 saturated heterocycles. The van der Waals surface area contributed by atoms with Gasteiger partial charge in [-0.2, -0.15) is 10.2 Å². The summed E-state index contributed by atoms with van der Waals surface area (Å²) in [5, 5.41) is 9.18. The Hall–Kier alpha value is -3.20. The van der Waals surface area contributed by atoms with Gasteiger partial charge in [-0.3, -0.25) is 19.1 Å². The van der Waals surface area contributed by atoms with Crippen LogP contribution in [0.2, 0.25) is 0 Å². The van der Waals surface area contributed by atoms with Crippen LogP contribution in [0.5, 0.6) is 5.75 Å². The summed E-state index contributed by atoms with van der Waals surface area (Å²) in [6.45, 7) is 5.37. The van der Waals surface area contributed by atoms with Gasteiger partial charge in [0.05, 0.1) is 23.5 Å². The molecule has 3 heterocycles. The number of rotatable bonds is 7. The smallest absolute Gasteiger partial charge is 0.278 e. The van der Waals surface area contributed by atoms with Gasteiger partial charge in [-0.15, -0.1) is 0 Å². The van der Waals surface area contributed by atoms with Crippen molar-refractivity contribution < 1.29 is 9.53 Å². The van der Waals surface area contributed by atoms with E-state index in [2.05, 4.69) is 10.2 Å². The van der Waals surface area contributed by atoms with E-state index in [-0.39, 0.29) is 5.91 Å². The second-order valence-electron chi connectivity index (χ2n) is 6.55. The topological polar surface area (TPSA) is 78.1 Å². The van der Waals surface area contributed by atoms with Gasteiger partial charge in [-0.05, 0) is 38.1 Å². The van der Waals surface area contributed by atoms with Crippen LogP contribution in [0.25, 0.3) is 10.2 Å². The summed E-state index contributed by atoms with van der Waals surface area (Å²) in [4.78, 5) is 19.8. The zero-order chi connectivity index (χ0) is 20.4. The third-order valence-corrected chi connectivity index (χ3v) is 5.52. The number of carbonyl (C=O) groups excluding carboxylic acids is 1. The van der Waals surface area contributed by atoms with Crippen molar-refractivity contribution in [3.63, 3.8) is 0 Å². The Morgan fingerprint density at radius 1 is 1.31 bits per heavy atom. The van der Waals surface area contributed by atoms with Gasteiger partial charge in [0.15, 0.2) is 5.13 Å². The first kappa shape index (κ1) is 19.1. The van der Waals surface area contributed by atoms with Gasteiger partial charge in [-0.25, -0.2) is 4.98 Å². The lowest BCUT2D eigenvalue weighted by Gasteiger charge is -2.19. The van der Waals surface area contributed by atoms with E-state index in [9.17, 15) is 4.79 Å². The molecule has 0 radical (unpaired) electrons. The lowest BCUT2D eigenvalue weighted by Crippen LogP contribution is -2.35. The Balaban J connectivity index is 1.73. The predicted molar refractivity (Wildman–Crippen MR) is 113 cm³/mol. The summed E-state index contributed by atoms with van der Waals surface area (Å²) in [5.41, 5.74) is 2.09. The fourth-order valence-corrected chi connectivity index (χ4v) is 4.17. The first-order chi connectivity index (χ1) is 14.1. The number of aromatic nitrogens is 5. The van der Waals surface area contributed by atoms with Crippen LogP contribution in [0, 0.1) is 6.92 Å². The van der Waals surface area contributed by atoms with E-state index < -0.39 is 0 Å². The molecule has 0 saturated carbocycles. The number of thiazole rings is 1. The zero-order valence-corrected chi connectivity index (χ0v) is 17.4. The monoisotopic (exact) mass is 410 g/mol. The molecule has 0 aliphatic heterocycles. The fraction of sp³-hybridized carbons (Fsp3) is 0.300. The van der Waals surface area contributed by atoms with E-state index >= 15 is 0 Å². The van der Waals surface area contributed by atoms with Crippen LogP contribution in [0.3, 0.4) is 0 Å². The molecule has 8 nitrogen and oxygen atoms in total. The van der Waals surface area contributed by atoms with Crippen LogP contribution < -0.4 is 9.64 Å². The largest absolute Gasteiger partial charge is 0.492 e. The maximum Gasteiger partial charge on any atom is 0.278 e. The second kappa shape index (κ2) is 8.04. The number of carbonyl (C=O) groups is 1. The minimum absolute atomic E-state index is 0.141. The highest BCUT2D eigenvalue weighted by atomic mass is 32.1. The van der Waals surface area contributed by atoms with E-state index in [1.807, 2.05) is 44.3 Å². The number of hydrogen-bond acceptors (Lipinski definition) is 6. The van der Waals surface area contributed by atoms with Gasteiger partial charge in [-0.1, -0.05) is 17.4 Å². The first-order valence-electron chi connectivity index (χ1n) is 9.39. The Bertz CT molecular complexity index is 1130. The maximum absolute atomic E-state index is 13.4. The summed E-state index contributed by atoms with van der Waals surface area (Å²) in [5.74, 6) is 0.584. The number of para-hydroxylation sites is 1. The summed E-state index contributed by atoms with van der Waals surface area (Å²) >= 11 is 1.47. The standard InChI is InChI=1S/C20H22N6O2S/c1-4-28-16-7-5-8-17-18(16)22-20(29-17)26(12-11-25-10-6-9-21-25)19(27)15-13-14(2)23-24(15)3/h5-10,13H,4,11-12H2,1-3H3. The van der Waals surface area contributed by atoms with Crippen LogP contribution in [0.4, 0.5) is 5.13 Å². The van der Waals surface area contributed by atoms with Crippen LogP contribution >= 0.6 is 11.3 Å². The van der Waals surface area contributed by atoms with Crippen LogP contribution in [-0.2, 0) is 13.6 Å². The molecule has 1 amide bonds. The molecule has 0 aliphatic rings. The zero-order valence-electron chi connectivity index (χ0n) is 16.6. The highest BCUT2D eigenvalue weighted by Gasteiger charge is 2.25. The molecule has 0 aliphatic carbocycles. The first-order valence-corrected chi connectivity index (χ1v) is 10.2. The number of fused-ring (bicyclic) bond motifs is 1. The number of ether oxygens (including phenoxy) is 1. The normalized spacial score (nSPS) is 11.1. The van der Waals surface area contributed by atoms with Gasteiger partial charge < -0.3 is 4.74 Å². The van der Waals surface area contributed by atoms with Crippen LogP contribution in [0.1, 0.15) is 23.1 Å². The molecule has 0 spiro atoms. The SMILES string of the molecule is CCOc1cccc2sc(N(CCn3cccn3)C(=O)c3cc(C)nn3C)nc12. The predicted octanol–water partition coefficient (Wildman–Crippen LogP) is 3.28. The van der Waals surface area contributed by atoms with Crippen molar-refractivity contribution in [1.82, 2.24) is 24.5 Å². The van der Waals surface area contributed by atoms with Crippen molar-refractivity contribution in [3.05, 3.63) is 54.1 Å². The van der Waals surface area contributed by atoms with Crippen molar-refractivity contribution in [3.8, 4) is 5.75 Å². The number of nitrogens with zero attached hydrogens (tertiary/aromatic N) is 6. The van der Waals surface area contributed by atoms with Crippen molar-refractivity contribution in [1.29, 1.82) is 0 Å². The fourth-order valence-electron chi connectivity index (χ4n) is 3.17. The van der Waals surface area contributed by atoms with Gasteiger partial charge in [0.1, 0.15) is 17.0 Å². The van der Waals surface area contributed by atoms with Crippen molar-refractivity contribution >= 4 is 32.6 Å². The van der Waals surface area contributed by atoms with Gasteiger partial charge in [0, 0.05) is 26.0 Å². The van der Waals surface area contributed by atoms with E-state index in [0.717, 1.165) is 21.7 Å². The van der Waals surface area contributed by atoms with Crippen LogP contribution in [-0.4, -0.2) is 43.6 Å². The molecule has 4 rings (SSSR count).